The lowest BCUT2D eigenvalue weighted by Gasteiger charge is -2.35. The summed E-state index contributed by atoms with van der Waals surface area (Å²) in [4.78, 5) is 2.47. The molecule has 0 aromatic rings. The van der Waals surface area contributed by atoms with Crippen molar-refractivity contribution in [3.8, 4) is 0 Å². The van der Waals surface area contributed by atoms with Crippen LogP contribution in [0.4, 0.5) is 0 Å². The van der Waals surface area contributed by atoms with Gasteiger partial charge >= 0.3 is 0 Å². The molecule has 3 heteroatoms. The first-order chi connectivity index (χ1) is 7.46. The van der Waals surface area contributed by atoms with Crippen LogP contribution in [-0.4, -0.2) is 50.3 Å². The fourth-order valence-corrected chi connectivity index (χ4v) is 2.61. The molecule has 0 radical (unpaired) electrons. The minimum Gasteiger partial charge on any atom is -0.377 e. The van der Waals surface area contributed by atoms with E-state index in [2.05, 4.69) is 45.0 Å². The van der Waals surface area contributed by atoms with Gasteiger partial charge in [-0.1, -0.05) is 20.8 Å². The number of hydrogen-bond acceptors (Lipinski definition) is 3. The molecule has 2 atom stereocenters. The quantitative estimate of drug-likeness (QED) is 0.749. The van der Waals surface area contributed by atoms with Gasteiger partial charge in [0.25, 0.3) is 0 Å². The third kappa shape index (κ3) is 4.04. The first-order valence-corrected chi connectivity index (χ1v) is 6.49. The van der Waals surface area contributed by atoms with Crippen LogP contribution >= 0.6 is 0 Å². The van der Waals surface area contributed by atoms with Crippen molar-refractivity contribution in [2.75, 3.05) is 33.3 Å². The summed E-state index contributed by atoms with van der Waals surface area (Å²) in [5, 5.41) is 3.44. The SMILES string of the molecule is CCNCC(C)(C)CN(C)C1CCOC1C. The van der Waals surface area contributed by atoms with Crippen molar-refractivity contribution in [3.05, 3.63) is 0 Å². The van der Waals surface area contributed by atoms with E-state index in [-0.39, 0.29) is 0 Å². The molecule has 1 saturated heterocycles. The Hall–Kier alpha value is -0.120. The number of ether oxygens (including phenoxy) is 1. The van der Waals surface area contributed by atoms with Crippen molar-refractivity contribution in [1.29, 1.82) is 0 Å². The molecule has 0 aromatic carbocycles. The first kappa shape index (κ1) is 13.9. The van der Waals surface area contributed by atoms with E-state index in [9.17, 15) is 0 Å². The average Bonchev–Trinajstić information content (AvgIpc) is 2.61. The lowest BCUT2D eigenvalue weighted by atomic mass is 9.91. The Kier molecular flexibility index (Phi) is 5.22. The second-order valence-corrected chi connectivity index (χ2v) is 5.79. The van der Waals surface area contributed by atoms with Gasteiger partial charge in [0, 0.05) is 25.7 Å². The van der Waals surface area contributed by atoms with Crippen LogP contribution < -0.4 is 5.32 Å². The van der Waals surface area contributed by atoms with Crippen molar-refractivity contribution >= 4 is 0 Å². The van der Waals surface area contributed by atoms with Crippen LogP contribution in [0.5, 0.6) is 0 Å². The van der Waals surface area contributed by atoms with E-state index >= 15 is 0 Å². The number of rotatable bonds is 6. The van der Waals surface area contributed by atoms with E-state index < -0.39 is 0 Å². The van der Waals surface area contributed by atoms with Crippen molar-refractivity contribution < 1.29 is 4.74 Å². The molecule has 1 fully saturated rings. The predicted molar refractivity (Wildman–Crippen MR) is 68.8 cm³/mol. The minimum atomic E-state index is 0.326. The Labute approximate surface area is 101 Å². The number of nitrogens with one attached hydrogen (secondary N) is 1. The van der Waals surface area contributed by atoms with E-state index in [0.717, 1.165) is 26.2 Å². The Bertz CT molecular complexity index is 206. The van der Waals surface area contributed by atoms with Gasteiger partial charge in [-0.15, -0.1) is 0 Å². The zero-order valence-electron chi connectivity index (χ0n) is 11.5. The van der Waals surface area contributed by atoms with Gasteiger partial charge in [0.05, 0.1) is 6.10 Å². The highest BCUT2D eigenvalue weighted by molar-refractivity contribution is 4.84. The van der Waals surface area contributed by atoms with Gasteiger partial charge in [0.15, 0.2) is 0 Å². The Morgan fingerprint density at radius 1 is 1.44 bits per heavy atom. The molecular weight excluding hydrogens is 200 g/mol. The highest BCUT2D eigenvalue weighted by Gasteiger charge is 2.30. The normalized spacial score (nSPS) is 26.6. The molecule has 3 nitrogen and oxygen atoms in total. The Balaban J connectivity index is 2.39. The fourth-order valence-electron chi connectivity index (χ4n) is 2.61. The lowest BCUT2D eigenvalue weighted by Crippen LogP contribution is -2.45. The second-order valence-electron chi connectivity index (χ2n) is 5.79. The highest BCUT2D eigenvalue weighted by atomic mass is 16.5. The van der Waals surface area contributed by atoms with Crippen molar-refractivity contribution in [2.45, 2.75) is 46.3 Å². The van der Waals surface area contributed by atoms with E-state index in [1.165, 1.54) is 6.42 Å². The summed E-state index contributed by atoms with van der Waals surface area (Å²) in [6.45, 7) is 13.2. The standard InChI is InChI=1S/C13H28N2O/c1-6-14-9-13(3,4)10-15(5)12-7-8-16-11(12)2/h11-12,14H,6-10H2,1-5H3. The van der Waals surface area contributed by atoms with Crippen LogP contribution in [0.2, 0.25) is 0 Å². The zero-order chi connectivity index (χ0) is 12.2. The van der Waals surface area contributed by atoms with Crippen LogP contribution in [-0.2, 0) is 4.74 Å². The maximum Gasteiger partial charge on any atom is 0.0702 e. The molecule has 1 N–H and O–H groups in total. The van der Waals surface area contributed by atoms with Gasteiger partial charge in [-0.3, -0.25) is 0 Å². The molecule has 1 aliphatic heterocycles. The number of hydrogen-bond donors (Lipinski definition) is 1. The van der Waals surface area contributed by atoms with Crippen LogP contribution in [0.1, 0.15) is 34.1 Å². The zero-order valence-corrected chi connectivity index (χ0v) is 11.5. The highest BCUT2D eigenvalue weighted by Crippen LogP contribution is 2.22. The van der Waals surface area contributed by atoms with Crippen molar-refractivity contribution in [2.24, 2.45) is 5.41 Å². The smallest absolute Gasteiger partial charge is 0.0702 e. The fraction of sp³-hybridized carbons (Fsp3) is 1.00. The van der Waals surface area contributed by atoms with Gasteiger partial charge in [-0.2, -0.15) is 0 Å². The molecular formula is C13H28N2O. The van der Waals surface area contributed by atoms with Crippen LogP contribution in [0.3, 0.4) is 0 Å². The van der Waals surface area contributed by atoms with E-state index in [0.29, 0.717) is 17.6 Å². The van der Waals surface area contributed by atoms with Gasteiger partial charge in [0.2, 0.25) is 0 Å². The van der Waals surface area contributed by atoms with Crippen LogP contribution in [0.25, 0.3) is 0 Å². The van der Waals surface area contributed by atoms with Crippen LogP contribution in [0, 0.1) is 5.41 Å². The predicted octanol–water partition coefficient (Wildman–Crippen LogP) is 1.73. The molecule has 0 spiro atoms. The Morgan fingerprint density at radius 3 is 2.62 bits per heavy atom. The van der Waals surface area contributed by atoms with Gasteiger partial charge < -0.3 is 15.0 Å². The third-order valence-corrected chi connectivity index (χ3v) is 3.43. The third-order valence-electron chi connectivity index (χ3n) is 3.43. The van der Waals surface area contributed by atoms with Crippen LogP contribution in [0.15, 0.2) is 0 Å². The van der Waals surface area contributed by atoms with Crippen molar-refractivity contribution in [3.63, 3.8) is 0 Å². The Morgan fingerprint density at radius 2 is 2.12 bits per heavy atom. The largest absolute Gasteiger partial charge is 0.377 e. The summed E-state index contributed by atoms with van der Waals surface area (Å²) in [5.74, 6) is 0. The molecule has 1 heterocycles. The summed E-state index contributed by atoms with van der Waals surface area (Å²) < 4.78 is 5.62. The summed E-state index contributed by atoms with van der Waals surface area (Å²) in [5.41, 5.74) is 0.326. The summed E-state index contributed by atoms with van der Waals surface area (Å²) in [6, 6.07) is 0.598. The molecule has 96 valence electrons. The monoisotopic (exact) mass is 228 g/mol. The lowest BCUT2D eigenvalue weighted by molar-refractivity contribution is 0.0693. The second kappa shape index (κ2) is 5.99. The van der Waals surface area contributed by atoms with E-state index in [1.54, 1.807) is 0 Å². The molecule has 0 aromatic heterocycles. The molecule has 1 aliphatic rings. The minimum absolute atomic E-state index is 0.326. The topological polar surface area (TPSA) is 24.5 Å². The van der Waals surface area contributed by atoms with Gasteiger partial charge in [-0.05, 0) is 32.4 Å². The number of nitrogens with zero attached hydrogens (tertiary/aromatic N) is 1. The maximum absolute atomic E-state index is 5.62. The molecule has 1 rings (SSSR count). The summed E-state index contributed by atoms with van der Waals surface area (Å²) >= 11 is 0. The number of likely N-dealkylation sites (N-methyl/N-ethyl adjacent to an activating group) is 1. The van der Waals surface area contributed by atoms with E-state index in [1.807, 2.05) is 0 Å². The summed E-state index contributed by atoms with van der Waals surface area (Å²) in [7, 11) is 2.23. The first-order valence-electron chi connectivity index (χ1n) is 6.49. The molecule has 0 saturated carbocycles. The molecule has 2 unspecified atom stereocenters. The van der Waals surface area contributed by atoms with Crippen molar-refractivity contribution in [1.82, 2.24) is 10.2 Å². The molecule has 0 amide bonds. The molecule has 0 aliphatic carbocycles. The van der Waals surface area contributed by atoms with Gasteiger partial charge in [-0.25, -0.2) is 0 Å². The molecule has 0 bridgehead atoms. The molecule has 16 heavy (non-hydrogen) atoms. The maximum atomic E-state index is 5.62. The summed E-state index contributed by atoms with van der Waals surface area (Å²) in [6.07, 6.45) is 1.56. The average molecular weight is 228 g/mol. The van der Waals surface area contributed by atoms with E-state index in [4.69, 9.17) is 4.74 Å². The van der Waals surface area contributed by atoms with Gasteiger partial charge in [0.1, 0.15) is 0 Å².